The Hall–Kier alpha value is -3.92. The van der Waals surface area contributed by atoms with Crippen LogP contribution in [0.25, 0.3) is 0 Å². The maximum atomic E-state index is 13.0. The van der Waals surface area contributed by atoms with Crippen molar-refractivity contribution >= 4 is 74.9 Å². The van der Waals surface area contributed by atoms with Crippen LogP contribution >= 0.6 is 35.6 Å². The van der Waals surface area contributed by atoms with Gasteiger partial charge in [-0.1, -0.05) is 47.7 Å². The number of hydrogen-bond acceptors (Lipinski definition) is 9. The summed E-state index contributed by atoms with van der Waals surface area (Å²) >= 11 is 13.3. The number of nitrogens with one attached hydrogen (secondary N) is 3. The molecule has 0 radical (unpaired) electrons. The van der Waals surface area contributed by atoms with Gasteiger partial charge in [-0.25, -0.2) is 4.98 Å². The number of piperazine rings is 1. The molecule has 0 bridgehead atoms. The van der Waals surface area contributed by atoms with Gasteiger partial charge in [-0.15, -0.1) is 0 Å². The fraction of sp³-hybridized carbons (Fsp3) is 0.259. The Morgan fingerprint density at radius 1 is 1.07 bits per heavy atom. The van der Waals surface area contributed by atoms with Gasteiger partial charge < -0.3 is 25.8 Å². The number of para-hydroxylation sites is 1. The van der Waals surface area contributed by atoms with E-state index in [0.717, 1.165) is 4.32 Å². The lowest BCUT2D eigenvalue weighted by atomic mass is 10.1. The minimum atomic E-state index is -0.238. The van der Waals surface area contributed by atoms with Crippen LogP contribution in [0.3, 0.4) is 0 Å². The lowest BCUT2D eigenvalue weighted by Gasteiger charge is -2.36. The first kappa shape index (κ1) is 29.1. The number of carbonyl (C=O) groups excluding carboxylic acids is 2. The second-order valence-corrected chi connectivity index (χ2v) is 10.8. The number of amides is 2. The van der Waals surface area contributed by atoms with E-state index in [4.69, 9.17) is 29.1 Å². The van der Waals surface area contributed by atoms with Gasteiger partial charge in [-0.3, -0.25) is 9.59 Å². The predicted molar refractivity (Wildman–Crippen MR) is 163 cm³/mol. The van der Waals surface area contributed by atoms with Crippen molar-refractivity contribution in [3.05, 3.63) is 70.9 Å². The van der Waals surface area contributed by atoms with Crippen LogP contribution in [0.5, 0.6) is 0 Å². The van der Waals surface area contributed by atoms with E-state index in [0.29, 0.717) is 77.6 Å². The van der Waals surface area contributed by atoms with Crippen molar-refractivity contribution in [2.75, 3.05) is 49.6 Å². The third-order valence-electron chi connectivity index (χ3n) is 6.05. The number of halogens is 1. The highest BCUT2D eigenvalue weighted by Gasteiger charge is 2.23. The summed E-state index contributed by atoms with van der Waals surface area (Å²) in [7, 11) is 1.56. The molecule has 2 aromatic carbocycles. The Labute approximate surface area is 247 Å². The van der Waals surface area contributed by atoms with Crippen LogP contribution in [-0.2, 0) is 0 Å². The first-order valence-corrected chi connectivity index (χ1v) is 14.2. The maximum absolute atomic E-state index is 13.0. The summed E-state index contributed by atoms with van der Waals surface area (Å²) < 4.78 is 0.774. The highest BCUT2D eigenvalue weighted by Crippen LogP contribution is 2.27. The topological polar surface area (TPSA) is 126 Å². The number of anilines is 4. The summed E-state index contributed by atoms with van der Waals surface area (Å²) in [5.41, 5.74) is 2.28. The highest BCUT2D eigenvalue weighted by atomic mass is 35.5. The van der Waals surface area contributed by atoms with Crippen LogP contribution in [0.4, 0.5) is 23.1 Å². The molecule has 0 saturated carbocycles. The number of nitrogens with zero attached hydrogens (tertiary/aromatic N) is 5. The van der Waals surface area contributed by atoms with Crippen LogP contribution < -0.4 is 16.0 Å². The smallest absolute Gasteiger partial charge is 0.253 e. The molecule has 0 unspecified atom stereocenters. The monoisotopic (exact) mass is 594 g/mol. The quantitative estimate of drug-likeness (QED) is 0.250. The molecule has 2 amide bonds. The molecule has 0 atom stereocenters. The van der Waals surface area contributed by atoms with Crippen molar-refractivity contribution in [1.29, 1.82) is 5.26 Å². The summed E-state index contributed by atoms with van der Waals surface area (Å²) in [4.78, 5) is 37.9. The maximum Gasteiger partial charge on any atom is 0.253 e. The van der Waals surface area contributed by atoms with Crippen molar-refractivity contribution in [2.24, 2.45) is 0 Å². The molecule has 10 nitrogen and oxygen atoms in total. The summed E-state index contributed by atoms with van der Waals surface area (Å²) in [6.07, 6.45) is 1.93. The summed E-state index contributed by atoms with van der Waals surface area (Å²) in [5.74, 6) is 1.03. The van der Waals surface area contributed by atoms with Crippen LogP contribution in [0.15, 0.2) is 54.7 Å². The van der Waals surface area contributed by atoms with Crippen molar-refractivity contribution in [1.82, 2.24) is 25.1 Å². The average molecular weight is 595 g/mol. The Balaban J connectivity index is 1.36. The molecule has 2 heterocycles. The molecule has 0 spiro atoms. The Kier molecular flexibility index (Phi) is 10.1. The second-order valence-electron chi connectivity index (χ2n) is 8.64. The molecule has 40 heavy (non-hydrogen) atoms. The van der Waals surface area contributed by atoms with Gasteiger partial charge in [0.15, 0.2) is 5.82 Å². The molecule has 3 aromatic rings. The first-order valence-electron chi connectivity index (χ1n) is 12.4. The highest BCUT2D eigenvalue weighted by molar-refractivity contribution is 8.22. The van der Waals surface area contributed by atoms with Gasteiger partial charge in [0.2, 0.25) is 5.95 Å². The summed E-state index contributed by atoms with van der Waals surface area (Å²) in [5, 5.41) is 17.8. The third-order valence-corrected chi connectivity index (χ3v) is 7.85. The molecule has 4 rings (SSSR count). The minimum absolute atomic E-state index is 0.0433. The van der Waals surface area contributed by atoms with E-state index < -0.39 is 0 Å². The molecule has 13 heteroatoms. The van der Waals surface area contributed by atoms with Crippen LogP contribution in [-0.4, -0.2) is 74.9 Å². The lowest BCUT2D eigenvalue weighted by molar-refractivity contribution is 0.0694. The number of hydrogen-bond donors (Lipinski definition) is 3. The van der Waals surface area contributed by atoms with Crippen LogP contribution in [0.2, 0.25) is 5.02 Å². The summed E-state index contributed by atoms with van der Waals surface area (Å²) in [6, 6.07) is 16.2. The van der Waals surface area contributed by atoms with E-state index in [1.54, 1.807) is 55.6 Å². The zero-order valence-corrected chi connectivity index (χ0v) is 24.1. The molecule has 1 aliphatic rings. The van der Waals surface area contributed by atoms with Crippen LogP contribution in [0, 0.1) is 11.3 Å². The van der Waals surface area contributed by atoms with E-state index in [1.165, 1.54) is 18.0 Å². The third kappa shape index (κ3) is 7.38. The molecule has 1 aliphatic heterocycles. The molecule has 1 fully saturated rings. The Bertz CT molecular complexity index is 1420. The molecule has 0 aliphatic carbocycles. The van der Waals surface area contributed by atoms with Gasteiger partial charge in [0.1, 0.15) is 9.34 Å². The fourth-order valence-electron chi connectivity index (χ4n) is 3.94. The number of carbonyl (C=O) groups is 2. The second kappa shape index (κ2) is 13.9. The van der Waals surface area contributed by atoms with Gasteiger partial charge in [0, 0.05) is 56.7 Å². The van der Waals surface area contributed by atoms with Crippen molar-refractivity contribution in [3.63, 3.8) is 0 Å². The van der Waals surface area contributed by atoms with Gasteiger partial charge in [0.05, 0.1) is 23.5 Å². The molecule has 1 saturated heterocycles. The zero-order valence-electron chi connectivity index (χ0n) is 21.7. The zero-order chi connectivity index (χ0) is 28.5. The number of rotatable bonds is 8. The van der Waals surface area contributed by atoms with E-state index in [-0.39, 0.29) is 11.8 Å². The minimum Gasteiger partial charge on any atom is -0.355 e. The molecule has 3 N–H and O–H groups in total. The molecule has 1 aromatic heterocycles. The van der Waals surface area contributed by atoms with E-state index in [1.807, 2.05) is 4.90 Å². The van der Waals surface area contributed by atoms with E-state index >= 15 is 0 Å². The summed E-state index contributed by atoms with van der Waals surface area (Å²) in [6.45, 7) is 2.49. The SMILES string of the molecule is CNC(=O)c1ccccc1Nc1nc(Nc2ccc(C(=O)N3CCN(C(=S)SCCC#N)CC3)cc2)ncc1Cl. The predicted octanol–water partition coefficient (Wildman–Crippen LogP) is 4.67. The number of aromatic nitrogens is 2. The van der Waals surface area contributed by atoms with E-state index in [9.17, 15) is 9.59 Å². The normalized spacial score (nSPS) is 12.8. The number of thiocarbonyl (C=S) groups is 1. The molecule has 206 valence electrons. The molecular weight excluding hydrogens is 568 g/mol. The standard InChI is InChI=1S/C27H27ClN8O2S2/c1-30-24(37)20-5-2-3-6-22(20)33-23-21(28)17-31-26(34-23)32-19-9-7-18(8-10-19)25(38)35-12-14-36(15-13-35)27(39)40-16-4-11-29/h2-3,5-10,17H,4,12-16H2,1H3,(H,30,37)(H2,31,32,33,34). The number of thioether (sulfide) groups is 1. The number of benzene rings is 2. The van der Waals surface area contributed by atoms with Gasteiger partial charge in [-0.05, 0) is 36.4 Å². The Morgan fingerprint density at radius 3 is 2.48 bits per heavy atom. The van der Waals surface area contributed by atoms with E-state index in [2.05, 4.69) is 36.9 Å². The van der Waals surface area contributed by atoms with Crippen LogP contribution in [0.1, 0.15) is 27.1 Å². The number of nitriles is 1. The van der Waals surface area contributed by atoms with Crippen molar-refractivity contribution < 1.29 is 9.59 Å². The van der Waals surface area contributed by atoms with Gasteiger partial charge >= 0.3 is 0 Å². The molecular formula is C27H27ClN8O2S2. The van der Waals surface area contributed by atoms with Crippen molar-refractivity contribution in [3.8, 4) is 6.07 Å². The largest absolute Gasteiger partial charge is 0.355 e. The lowest BCUT2D eigenvalue weighted by Crippen LogP contribution is -2.49. The van der Waals surface area contributed by atoms with Crippen molar-refractivity contribution in [2.45, 2.75) is 6.42 Å². The average Bonchev–Trinajstić information content (AvgIpc) is 2.99. The van der Waals surface area contributed by atoms with Gasteiger partial charge in [-0.2, -0.15) is 10.2 Å². The fourth-order valence-corrected chi connectivity index (χ4v) is 5.25. The first-order chi connectivity index (χ1) is 19.4. The Morgan fingerprint density at radius 2 is 1.77 bits per heavy atom. The van der Waals surface area contributed by atoms with Gasteiger partial charge in [0.25, 0.3) is 11.8 Å².